The third kappa shape index (κ3) is 4.64. The first-order valence-corrected chi connectivity index (χ1v) is 13.5. The summed E-state index contributed by atoms with van der Waals surface area (Å²) in [5.74, 6) is 7.21. The van der Waals surface area contributed by atoms with E-state index in [1.54, 1.807) is 0 Å². The van der Waals surface area contributed by atoms with E-state index in [1.165, 1.54) is 4.30 Å². The molecule has 0 aromatic rings. The van der Waals surface area contributed by atoms with Gasteiger partial charge in [-0.15, -0.1) is 0 Å². The third-order valence-electron chi connectivity index (χ3n) is 2.54. The van der Waals surface area contributed by atoms with Gasteiger partial charge in [0, 0.05) is 0 Å². The molecule has 1 heterocycles. The molecule has 0 radical (unpaired) electrons. The van der Waals surface area contributed by atoms with E-state index in [9.17, 15) is 0 Å². The summed E-state index contributed by atoms with van der Waals surface area (Å²) in [6, 6.07) is 0. The second kappa shape index (κ2) is 5.28. The van der Waals surface area contributed by atoms with Crippen molar-refractivity contribution in [3.8, 4) is 0 Å². The van der Waals surface area contributed by atoms with Crippen molar-refractivity contribution in [1.29, 1.82) is 0 Å². The second-order valence-corrected chi connectivity index (χ2v) is 17.3. The van der Waals surface area contributed by atoms with Crippen LogP contribution >= 0.6 is 0 Å². The summed E-state index contributed by atoms with van der Waals surface area (Å²) < 4.78 is 13.0. The standard InChI is InChI=1S/C12H25BGeO2/c1-12(2,3)10-11(14(4,5)6)13-15-8-7-9-16-13/h10H,7-9H2,1-6H3/b11-10-. The molecule has 0 atom stereocenters. The average molecular weight is 285 g/mol. The molecule has 2 nitrogen and oxygen atoms in total. The topological polar surface area (TPSA) is 18.5 Å². The van der Waals surface area contributed by atoms with Gasteiger partial charge in [-0.25, -0.2) is 0 Å². The van der Waals surface area contributed by atoms with E-state index in [0.717, 1.165) is 19.6 Å². The van der Waals surface area contributed by atoms with Gasteiger partial charge in [0.25, 0.3) is 0 Å². The predicted molar refractivity (Wildman–Crippen MR) is 73.2 cm³/mol. The van der Waals surface area contributed by atoms with Crippen molar-refractivity contribution < 1.29 is 9.31 Å². The van der Waals surface area contributed by atoms with Gasteiger partial charge in [0.1, 0.15) is 0 Å². The van der Waals surface area contributed by atoms with Crippen molar-refractivity contribution >= 4 is 20.4 Å². The minimum atomic E-state index is -1.89. The molecule has 1 aliphatic rings. The van der Waals surface area contributed by atoms with Gasteiger partial charge >= 0.3 is 103 Å². The van der Waals surface area contributed by atoms with Gasteiger partial charge in [0.05, 0.1) is 0 Å². The average Bonchev–Trinajstić information content (AvgIpc) is 2.13. The summed E-state index contributed by atoms with van der Waals surface area (Å²) in [6.07, 6.45) is 3.40. The van der Waals surface area contributed by atoms with E-state index >= 15 is 0 Å². The van der Waals surface area contributed by atoms with Crippen LogP contribution in [0.1, 0.15) is 27.2 Å². The molecular weight excluding hydrogens is 260 g/mol. The first kappa shape index (κ1) is 14.3. The molecule has 1 saturated heterocycles. The minimum absolute atomic E-state index is 0.0621. The Labute approximate surface area is 103 Å². The number of hydrogen-bond acceptors (Lipinski definition) is 2. The molecule has 0 aromatic carbocycles. The van der Waals surface area contributed by atoms with Gasteiger partial charge in [-0.3, -0.25) is 0 Å². The molecule has 0 aromatic heterocycles. The molecule has 92 valence electrons. The quantitative estimate of drug-likeness (QED) is 0.725. The maximum absolute atomic E-state index is 5.77. The molecule has 0 amide bonds. The molecule has 0 bridgehead atoms. The van der Waals surface area contributed by atoms with Crippen molar-refractivity contribution in [3.05, 3.63) is 10.4 Å². The normalized spacial score (nSPS) is 20.1. The van der Waals surface area contributed by atoms with Gasteiger partial charge in [-0.1, -0.05) is 0 Å². The summed E-state index contributed by atoms with van der Waals surface area (Å²) in [7, 11) is -0.0621. The zero-order valence-corrected chi connectivity index (χ0v) is 13.7. The van der Waals surface area contributed by atoms with E-state index in [2.05, 4.69) is 44.1 Å². The molecule has 1 fully saturated rings. The van der Waals surface area contributed by atoms with Crippen LogP contribution in [-0.2, 0) is 9.31 Å². The Morgan fingerprint density at radius 2 is 1.62 bits per heavy atom. The van der Waals surface area contributed by atoms with Crippen LogP contribution < -0.4 is 0 Å². The molecule has 0 saturated carbocycles. The van der Waals surface area contributed by atoms with Gasteiger partial charge in [0.2, 0.25) is 0 Å². The summed E-state index contributed by atoms with van der Waals surface area (Å²) in [6.45, 7) is 8.40. The molecule has 0 N–H and O–H groups in total. The fourth-order valence-corrected chi connectivity index (χ4v) is 5.42. The van der Waals surface area contributed by atoms with E-state index < -0.39 is 13.3 Å². The molecule has 0 aliphatic carbocycles. The van der Waals surface area contributed by atoms with Crippen LogP contribution in [0.5, 0.6) is 0 Å². The summed E-state index contributed by atoms with van der Waals surface area (Å²) >= 11 is -1.89. The van der Waals surface area contributed by atoms with Crippen molar-refractivity contribution in [2.45, 2.75) is 44.5 Å². The Bertz CT molecular complexity index is 257. The molecule has 16 heavy (non-hydrogen) atoms. The van der Waals surface area contributed by atoms with Gasteiger partial charge < -0.3 is 0 Å². The third-order valence-corrected chi connectivity index (χ3v) is 6.97. The van der Waals surface area contributed by atoms with Gasteiger partial charge in [-0.05, 0) is 0 Å². The zero-order chi connectivity index (χ0) is 12.4. The summed E-state index contributed by atoms with van der Waals surface area (Å²) in [4.78, 5) is 0. The van der Waals surface area contributed by atoms with E-state index in [-0.39, 0.29) is 12.5 Å². The van der Waals surface area contributed by atoms with Crippen LogP contribution in [0.2, 0.25) is 17.3 Å². The Morgan fingerprint density at radius 3 is 2.00 bits per heavy atom. The SMILES string of the molecule is CC(C)(C)/C=[C](/B1OCCCO1)[Ge]([CH3])([CH3])[CH3]. The van der Waals surface area contributed by atoms with Crippen LogP contribution in [0.3, 0.4) is 0 Å². The van der Waals surface area contributed by atoms with Crippen LogP contribution in [0.4, 0.5) is 0 Å². The summed E-state index contributed by atoms with van der Waals surface area (Å²) in [5.41, 5.74) is 0.206. The maximum atomic E-state index is 5.77. The van der Waals surface area contributed by atoms with Crippen LogP contribution in [0.15, 0.2) is 10.4 Å². The van der Waals surface area contributed by atoms with Crippen LogP contribution in [0.25, 0.3) is 0 Å². The molecule has 1 aliphatic heterocycles. The van der Waals surface area contributed by atoms with Crippen molar-refractivity contribution in [3.63, 3.8) is 0 Å². The fourth-order valence-electron chi connectivity index (χ4n) is 1.77. The fraction of sp³-hybridized carbons (Fsp3) is 0.833. The van der Waals surface area contributed by atoms with Crippen molar-refractivity contribution in [2.24, 2.45) is 5.41 Å². The number of hydrogen-bond donors (Lipinski definition) is 0. The van der Waals surface area contributed by atoms with Crippen molar-refractivity contribution in [1.82, 2.24) is 0 Å². The first-order valence-electron chi connectivity index (χ1n) is 6.16. The Morgan fingerprint density at radius 1 is 1.12 bits per heavy atom. The molecule has 0 unspecified atom stereocenters. The Hall–Kier alpha value is 0.268. The molecule has 1 rings (SSSR count). The number of allylic oxidation sites excluding steroid dienone is 1. The van der Waals surface area contributed by atoms with E-state index in [4.69, 9.17) is 9.31 Å². The van der Waals surface area contributed by atoms with Crippen LogP contribution in [0, 0.1) is 5.41 Å². The Balaban J connectivity index is 2.91. The van der Waals surface area contributed by atoms with Crippen LogP contribution in [-0.4, -0.2) is 33.6 Å². The first-order chi connectivity index (χ1) is 7.20. The van der Waals surface area contributed by atoms with Gasteiger partial charge in [-0.2, -0.15) is 0 Å². The van der Waals surface area contributed by atoms with Crippen molar-refractivity contribution in [2.75, 3.05) is 13.2 Å². The molecule has 4 heteroatoms. The molecular formula is C12H25BGeO2. The second-order valence-electron chi connectivity index (χ2n) is 6.64. The Kier molecular flexibility index (Phi) is 4.73. The molecule has 0 spiro atoms. The van der Waals surface area contributed by atoms with E-state index in [1.807, 2.05) is 0 Å². The zero-order valence-electron chi connectivity index (χ0n) is 11.6. The predicted octanol–water partition coefficient (Wildman–Crippen LogP) is 3.30. The summed E-state index contributed by atoms with van der Waals surface area (Å²) in [5, 5.41) is 0. The monoisotopic (exact) mass is 286 g/mol. The van der Waals surface area contributed by atoms with Gasteiger partial charge in [0.15, 0.2) is 0 Å². The number of rotatable bonds is 2. The van der Waals surface area contributed by atoms with E-state index in [0.29, 0.717) is 0 Å².